The standard InChI is InChI=1S/C61H47N/c1-4-16-42(17-5-1)44-28-33-48(34-29-44)62(49-35-30-46(31-36-49)52-23-11-10-22-51(52)45-20-8-3-9-21-45)50-37-39-56-54-25-13-15-27-58(54)61(60(56)41-50)57-26-14-12-24-53(57)55-38-32-47(40-59(55)61)43-18-6-2-7-19-43/h2-3,6-15,18-42H,1,4-5,16-17H2. The van der Waals surface area contributed by atoms with Crippen molar-refractivity contribution < 1.29 is 0 Å². The van der Waals surface area contributed by atoms with Gasteiger partial charge in [-0.15, -0.1) is 0 Å². The van der Waals surface area contributed by atoms with E-state index in [4.69, 9.17) is 0 Å². The maximum absolute atomic E-state index is 2.52. The Bertz CT molecular complexity index is 3070. The Labute approximate surface area is 365 Å². The third-order valence-electron chi connectivity index (χ3n) is 14.1. The summed E-state index contributed by atoms with van der Waals surface area (Å²) < 4.78 is 0. The minimum atomic E-state index is -0.472. The normalized spacial score (nSPS) is 16.1. The molecule has 0 N–H and O–H groups in total. The van der Waals surface area contributed by atoms with Gasteiger partial charge in [-0.3, -0.25) is 0 Å². The molecular formula is C61H47N. The smallest absolute Gasteiger partial charge is 0.0726 e. The fraction of sp³-hybridized carbons (Fsp3) is 0.115. The summed E-state index contributed by atoms with van der Waals surface area (Å²) in [6.45, 7) is 0. The van der Waals surface area contributed by atoms with E-state index >= 15 is 0 Å². The van der Waals surface area contributed by atoms with E-state index in [9.17, 15) is 0 Å². The van der Waals surface area contributed by atoms with Crippen molar-refractivity contribution in [3.05, 3.63) is 246 Å². The van der Waals surface area contributed by atoms with Crippen LogP contribution in [-0.4, -0.2) is 0 Å². The van der Waals surface area contributed by atoms with Crippen LogP contribution in [0.5, 0.6) is 0 Å². The summed E-state index contributed by atoms with van der Waals surface area (Å²) in [7, 11) is 0. The SMILES string of the molecule is c1ccc(-c2ccc3c(c2)C2(c4ccccc4-3)c3ccccc3-c3ccc(N(c4ccc(-c5ccccc5-c5ccccc5)cc4)c4ccc(C5CCCCC5)cc4)cc32)cc1. The predicted molar refractivity (Wildman–Crippen MR) is 260 cm³/mol. The summed E-state index contributed by atoms with van der Waals surface area (Å²) in [5.74, 6) is 0.650. The minimum absolute atomic E-state index is 0.472. The second-order valence-electron chi connectivity index (χ2n) is 17.4. The lowest BCUT2D eigenvalue weighted by Gasteiger charge is -2.32. The van der Waals surface area contributed by atoms with Crippen LogP contribution in [0.4, 0.5) is 17.1 Å². The monoisotopic (exact) mass is 793 g/mol. The van der Waals surface area contributed by atoms with Crippen molar-refractivity contribution in [3.8, 4) is 55.6 Å². The number of benzene rings is 9. The lowest BCUT2D eigenvalue weighted by molar-refractivity contribution is 0.443. The molecule has 0 aliphatic heterocycles. The van der Waals surface area contributed by atoms with Gasteiger partial charge in [-0.2, -0.15) is 0 Å². The van der Waals surface area contributed by atoms with Crippen LogP contribution in [0.15, 0.2) is 218 Å². The van der Waals surface area contributed by atoms with Gasteiger partial charge in [0.1, 0.15) is 0 Å². The number of rotatable bonds is 7. The molecule has 1 saturated carbocycles. The van der Waals surface area contributed by atoms with E-state index in [-0.39, 0.29) is 0 Å². The molecule has 9 aromatic carbocycles. The molecule has 1 unspecified atom stereocenters. The number of nitrogens with zero attached hydrogens (tertiary/aromatic N) is 1. The number of anilines is 3. The fourth-order valence-corrected chi connectivity index (χ4v) is 11.2. The van der Waals surface area contributed by atoms with Crippen LogP contribution in [0.1, 0.15) is 65.8 Å². The Balaban J connectivity index is 1.04. The van der Waals surface area contributed by atoms with Crippen LogP contribution in [-0.2, 0) is 5.41 Å². The molecule has 0 saturated heterocycles. The highest BCUT2D eigenvalue weighted by Crippen LogP contribution is 2.63. The summed E-state index contributed by atoms with van der Waals surface area (Å²) >= 11 is 0. The molecule has 1 heteroatoms. The first kappa shape index (κ1) is 36.6. The molecule has 0 amide bonds. The van der Waals surface area contributed by atoms with Crippen LogP contribution >= 0.6 is 0 Å². The van der Waals surface area contributed by atoms with Crippen LogP contribution < -0.4 is 4.90 Å². The van der Waals surface area contributed by atoms with E-state index in [0.717, 1.165) is 11.4 Å². The molecule has 3 aliphatic carbocycles. The first-order valence-electron chi connectivity index (χ1n) is 22.4. The number of hydrogen-bond donors (Lipinski definition) is 0. The van der Waals surface area contributed by atoms with Crippen LogP contribution in [0, 0.1) is 0 Å². The zero-order valence-corrected chi connectivity index (χ0v) is 34.8. The third kappa shape index (κ3) is 5.83. The van der Waals surface area contributed by atoms with Crippen molar-refractivity contribution in [3.63, 3.8) is 0 Å². The molecule has 62 heavy (non-hydrogen) atoms. The van der Waals surface area contributed by atoms with E-state index in [1.165, 1.54) is 121 Å². The lowest BCUT2D eigenvalue weighted by Crippen LogP contribution is -2.26. The second kappa shape index (κ2) is 15.0. The van der Waals surface area contributed by atoms with Crippen LogP contribution in [0.25, 0.3) is 55.6 Å². The molecular weight excluding hydrogens is 747 g/mol. The second-order valence-corrected chi connectivity index (χ2v) is 17.4. The van der Waals surface area contributed by atoms with Crippen LogP contribution in [0.2, 0.25) is 0 Å². The van der Waals surface area contributed by atoms with E-state index < -0.39 is 5.41 Å². The maximum Gasteiger partial charge on any atom is 0.0726 e. The van der Waals surface area contributed by atoms with Crippen molar-refractivity contribution in [1.82, 2.24) is 0 Å². The topological polar surface area (TPSA) is 3.24 Å². The van der Waals surface area contributed by atoms with E-state index in [2.05, 4.69) is 223 Å². The van der Waals surface area contributed by atoms with Crippen molar-refractivity contribution >= 4 is 17.1 Å². The molecule has 1 spiro atoms. The summed E-state index contributed by atoms with van der Waals surface area (Å²) in [5, 5.41) is 0. The molecule has 1 atom stereocenters. The highest BCUT2D eigenvalue weighted by atomic mass is 15.1. The number of fused-ring (bicyclic) bond motifs is 10. The Morgan fingerprint density at radius 2 is 0.742 bits per heavy atom. The molecule has 3 aliphatic rings. The average Bonchev–Trinajstić information content (AvgIpc) is 3.82. The van der Waals surface area contributed by atoms with E-state index in [1.54, 1.807) is 0 Å². The summed E-state index contributed by atoms with van der Waals surface area (Å²) in [4.78, 5) is 2.48. The molecule has 0 bridgehead atoms. The van der Waals surface area contributed by atoms with Crippen molar-refractivity contribution in [2.24, 2.45) is 0 Å². The Morgan fingerprint density at radius 3 is 1.35 bits per heavy atom. The van der Waals surface area contributed by atoms with Gasteiger partial charge in [0.05, 0.1) is 5.41 Å². The molecule has 1 fully saturated rings. The largest absolute Gasteiger partial charge is 0.310 e. The molecule has 0 aromatic heterocycles. The minimum Gasteiger partial charge on any atom is -0.310 e. The van der Waals surface area contributed by atoms with Gasteiger partial charge in [0.15, 0.2) is 0 Å². The lowest BCUT2D eigenvalue weighted by atomic mass is 9.70. The van der Waals surface area contributed by atoms with Gasteiger partial charge in [0.25, 0.3) is 0 Å². The average molecular weight is 794 g/mol. The van der Waals surface area contributed by atoms with E-state index in [0.29, 0.717) is 5.92 Å². The van der Waals surface area contributed by atoms with E-state index in [1.807, 2.05) is 0 Å². The van der Waals surface area contributed by atoms with Gasteiger partial charge in [-0.05, 0) is 145 Å². The summed E-state index contributed by atoms with van der Waals surface area (Å²) in [6.07, 6.45) is 6.60. The first-order chi connectivity index (χ1) is 30.8. The molecule has 12 rings (SSSR count). The summed E-state index contributed by atoms with van der Waals surface area (Å²) in [5.41, 5.74) is 22.5. The van der Waals surface area contributed by atoms with Gasteiger partial charge in [-0.25, -0.2) is 0 Å². The zero-order chi connectivity index (χ0) is 41.0. The first-order valence-corrected chi connectivity index (χ1v) is 22.4. The molecule has 0 radical (unpaired) electrons. The quantitative estimate of drug-likeness (QED) is 0.155. The van der Waals surface area contributed by atoms with Gasteiger partial charge >= 0.3 is 0 Å². The molecule has 9 aromatic rings. The Hall–Kier alpha value is -7.22. The van der Waals surface area contributed by atoms with Gasteiger partial charge in [0, 0.05) is 17.1 Å². The molecule has 296 valence electrons. The van der Waals surface area contributed by atoms with Crippen molar-refractivity contribution in [1.29, 1.82) is 0 Å². The van der Waals surface area contributed by atoms with Crippen molar-refractivity contribution in [2.45, 2.75) is 43.4 Å². The Kier molecular flexibility index (Phi) is 8.89. The van der Waals surface area contributed by atoms with Gasteiger partial charge in [-0.1, -0.05) is 195 Å². The van der Waals surface area contributed by atoms with Crippen molar-refractivity contribution in [2.75, 3.05) is 4.90 Å². The van der Waals surface area contributed by atoms with Gasteiger partial charge < -0.3 is 4.90 Å². The third-order valence-corrected chi connectivity index (χ3v) is 14.1. The van der Waals surface area contributed by atoms with Crippen LogP contribution in [0.3, 0.4) is 0 Å². The molecule has 0 heterocycles. The zero-order valence-electron chi connectivity index (χ0n) is 34.8. The highest BCUT2D eigenvalue weighted by Gasteiger charge is 2.52. The maximum atomic E-state index is 2.52. The predicted octanol–water partition coefficient (Wildman–Crippen LogP) is 16.5. The Morgan fingerprint density at radius 1 is 0.306 bits per heavy atom. The van der Waals surface area contributed by atoms with Gasteiger partial charge in [0.2, 0.25) is 0 Å². The number of hydrogen-bond acceptors (Lipinski definition) is 1. The summed E-state index contributed by atoms with van der Waals surface area (Å²) in [6, 6.07) is 81.8. The molecule has 1 nitrogen and oxygen atoms in total. The fourth-order valence-electron chi connectivity index (χ4n) is 11.2. The highest BCUT2D eigenvalue weighted by molar-refractivity contribution is 5.97.